The van der Waals surface area contributed by atoms with Crippen molar-refractivity contribution in [3.05, 3.63) is 17.8 Å². The number of rotatable bonds is 11. The Morgan fingerprint density at radius 1 is 1.42 bits per heavy atom. The number of oxazole rings is 1. The van der Waals surface area contributed by atoms with E-state index in [1.807, 2.05) is 6.92 Å². The van der Waals surface area contributed by atoms with Gasteiger partial charge in [-0.2, -0.15) is 0 Å². The molecule has 0 spiro atoms. The predicted molar refractivity (Wildman–Crippen MR) is 73.9 cm³/mol. The van der Waals surface area contributed by atoms with Crippen molar-refractivity contribution in [1.29, 1.82) is 0 Å². The molecule has 0 aliphatic carbocycles. The molecule has 0 bridgehead atoms. The molecule has 19 heavy (non-hydrogen) atoms. The summed E-state index contributed by atoms with van der Waals surface area (Å²) in [5.41, 5.74) is 0. The number of unbranched alkanes of at least 4 members (excludes halogenated alkanes) is 3. The molecule has 0 aromatic carbocycles. The highest BCUT2D eigenvalue weighted by atomic mass is 16.5. The molecule has 5 nitrogen and oxygen atoms in total. The second-order valence-electron chi connectivity index (χ2n) is 4.78. The van der Waals surface area contributed by atoms with Crippen LogP contribution in [0.15, 0.2) is 10.6 Å². The fraction of sp³-hybridized carbons (Fsp3) is 0.786. The molecule has 1 rings (SSSR count). The fourth-order valence-corrected chi connectivity index (χ4v) is 1.74. The van der Waals surface area contributed by atoms with E-state index in [-0.39, 0.29) is 0 Å². The van der Waals surface area contributed by atoms with Crippen molar-refractivity contribution >= 4 is 0 Å². The molecular weight excluding hydrogens is 244 g/mol. The molecule has 1 aromatic heterocycles. The van der Waals surface area contributed by atoms with Crippen LogP contribution in [-0.4, -0.2) is 36.0 Å². The lowest BCUT2D eigenvalue weighted by molar-refractivity contribution is 0.0351. The number of aliphatic hydroxyl groups excluding tert-OH is 1. The zero-order chi connectivity index (χ0) is 13.9. The van der Waals surface area contributed by atoms with E-state index in [1.54, 1.807) is 6.20 Å². The third kappa shape index (κ3) is 7.97. The van der Waals surface area contributed by atoms with E-state index < -0.39 is 6.10 Å². The summed E-state index contributed by atoms with van der Waals surface area (Å²) in [5, 5.41) is 12.8. The van der Waals surface area contributed by atoms with Crippen LogP contribution in [0.4, 0.5) is 0 Å². The van der Waals surface area contributed by atoms with E-state index in [0.717, 1.165) is 18.8 Å². The molecule has 1 heterocycles. The normalized spacial score (nSPS) is 12.8. The molecule has 5 heteroatoms. The quantitative estimate of drug-likeness (QED) is 0.602. The number of hydrogen-bond acceptors (Lipinski definition) is 5. The van der Waals surface area contributed by atoms with Gasteiger partial charge in [-0.25, -0.2) is 4.98 Å². The number of ether oxygens (including phenoxy) is 1. The van der Waals surface area contributed by atoms with E-state index in [2.05, 4.69) is 17.2 Å². The van der Waals surface area contributed by atoms with Gasteiger partial charge < -0.3 is 19.6 Å². The first kappa shape index (κ1) is 16.1. The molecule has 0 aliphatic rings. The summed E-state index contributed by atoms with van der Waals surface area (Å²) in [6.45, 7) is 6.17. The average molecular weight is 270 g/mol. The lowest BCUT2D eigenvalue weighted by Gasteiger charge is -2.11. The van der Waals surface area contributed by atoms with Crippen molar-refractivity contribution in [2.45, 2.75) is 52.2 Å². The van der Waals surface area contributed by atoms with Crippen molar-refractivity contribution in [3.63, 3.8) is 0 Å². The molecule has 1 aromatic rings. The lowest BCUT2D eigenvalue weighted by Crippen LogP contribution is -2.30. The van der Waals surface area contributed by atoms with Gasteiger partial charge in [0.2, 0.25) is 5.89 Å². The molecule has 0 amide bonds. The minimum atomic E-state index is -0.484. The molecule has 0 saturated heterocycles. The predicted octanol–water partition coefficient (Wildman–Crippen LogP) is 2.03. The van der Waals surface area contributed by atoms with Crippen molar-refractivity contribution < 1.29 is 14.3 Å². The Hall–Kier alpha value is -0.910. The molecule has 0 radical (unpaired) electrons. The standard InChI is InChI=1S/C14H26N2O3/c1-3-4-5-6-7-18-11-13(17)9-15-10-14-16-8-12(2)19-14/h8,13,15,17H,3-7,9-11H2,1-2H3. The highest BCUT2D eigenvalue weighted by Crippen LogP contribution is 2.01. The van der Waals surface area contributed by atoms with Gasteiger partial charge in [-0.3, -0.25) is 0 Å². The third-order valence-electron chi connectivity index (χ3n) is 2.78. The molecule has 110 valence electrons. The largest absolute Gasteiger partial charge is 0.445 e. The van der Waals surface area contributed by atoms with Crippen molar-refractivity contribution in [2.75, 3.05) is 19.8 Å². The average Bonchev–Trinajstić information content (AvgIpc) is 2.79. The Bertz CT molecular complexity index is 328. The van der Waals surface area contributed by atoms with Crippen LogP contribution in [0, 0.1) is 6.92 Å². The van der Waals surface area contributed by atoms with Gasteiger partial charge in [-0.05, 0) is 13.3 Å². The summed E-state index contributed by atoms with van der Waals surface area (Å²) >= 11 is 0. The number of aliphatic hydroxyl groups is 1. The number of aryl methyl sites for hydroxylation is 1. The summed E-state index contributed by atoms with van der Waals surface area (Å²) < 4.78 is 10.7. The zero-order valence-electron chi connectivity index (χ0n) is 12.0. The first-order valence-electron chi connectivity index (χ1n) is 7.10. The van der Waals surface area contributed by atoms with Crippen LogP contribution in [0.3, 0.4) is 0 Å². The van der Waals surface area contributed by atoms with Crippen molar-refractivity contribution in [3.8, 4) is 0 Å². The fourth-order valence-electron chi connectivity index (χ4n) is 1.74. The van der Waals surface area contributed by atoms with Gasteiger partial charge in [0, 0.05) is 13.2 Å². The van der Waals surface area contributed by atoms with Crippen molar-refractivity contribution in [1.82, 2.24) is 10.3 Å². The van der Waals surface area contributed by atoms with Crippen LogP contribution in [-0.2, 0) is 11.3 Å². The van der Waals surface area contributed by atoms with E-state index in [9.17, 15) is 5.11 Å². The van der Waals surface area contributed by atoms with E-state index in [4.69, 9.17) is 9.15 Å². The summed E-state index contributed by atoms with van der Waals surface area (Å²) in [6, 6.07) is 0. The maximum absolute atomic E-state index is 9.70. The van der Waals surface area contributed by atoms with Crippen molar-refractivity contribution in [2.24, 2.45) is 0 Å². The summed E-state index contributed by atoms with van der Waals surface area (Å²) in [5.74, 6) is 1.44. The van der Waals surface area contributed by atoms with Gasteiger partial charge in [0.1, 0.15) is 5.76 Å². The minimum absolute atomic E-state index is 0.379. The monoisotopic (exact) mass is 270 g/mol. The third-order valence-corrected chi connectivity index (χ3v) is 2.78. The zero-order valence-corrected chi connectivity index (χ0v) is 12.0. The van der Waals surface area contributed by atoms with E-state index >= 15 is 0 Å². The smallest absolute Gasteiger partial charge is 0.208 e. The van der Waals surface area contributed by atoms with Gasteiger partial charge in [-0.15, -0.1) is 0 Å². The Labute approximate surface area is 115 Å². The van der Waals surface area contributed by atoms with Crippen LogP contribution in [0.1, 0.15) is 44.3 Å². The van der Waals surface area contributed by atoms with E-state index in [0.29, 0.717) is 25.6 Å². The van der Waals surface area contributed by atoms with Crippen LogP contribution in [0.2, 0.25) is 0 Å². The second kappa shape index (κ2) is 9.95. The van der Waals surface area contributed by atoms with Gasteiger partial charge in [0.25, 0.3) is 0 Å². The van der Waals surface area contributed by atoms with Crippen LogP contribution in [0.5, 0.6) is 0 Å². The first-order valence-corrected chi connectivity index (χ1v) is 7.10. The Morgan fingerprint density at radius 3 is 2.95 bits per heavy atom. The van der Waals surface area contributed by atoms with Crippen LogP contribution >= 0.6 is 0 Å². The van der Waals surface area contributed by atoms with Gasteiger partial charge >= 0.3 is 0 Å². The number of nitrogens with one attached hydrogen (secondary N) is 1. The Kier molecular flexibility index (Phi) is 8.45. The SMILES string of the molecule is CCCCCCOCC(O)CNCc1ncc(C)o1. The Morgan fingerprint density at radius 2 is 2.26 bits per heavy atom. The molecule has 0 fully saturated rings. The summed E-state index contributed by atoms with van der Waals surface area (Å²) in [4.78, 5) is 4.07. The molecule has 1 unspecified atom stereocenters. The number of hydrogen-bond donors (Lipinski definition) is 2. The Balaban J connectivity index is 1.94. The number of nitrogens with zero attached hydrogens (tertiary/aromatic N) is 1. The number of aromatic nitrogens is 1. The van der Waals surface area contributed by atoms with Gasteiger partial charge in [-0.1, -0.05) is 26.2 Å². The van der Waals surface area contributed by atoms with Crippen LogP contribution < -0.4 is 5.32 Å². The van der Waals surface area contributed by atoms with Gasteiger partial charge in [0.15, 0.2) is 0 Å². The highest BCUT2D eigenvalue weighted by molar-refractivity contribution is 4.90. The highest BCUT2D eigenvalue weighted by Gasteiger charge is 2.05. The van der Waals surface area contributed by atoms with Gasteiger partial charge in [0.05, 0.1) is 25.5 Å². The summed E-state index contributed by atoms with van der Waals surface area (Å²) in [7, 11) is 0. The first-order chi connectivity index (χ1) is 9.22. The lowest BCUT2D eigenvalue weighted by atomic mass is 10.2. The van der Waals surface area contributed by atoms with E-state index in [1.165, 1.54) is 19.3 Å². The minimum Gasteiger partial charge on any atom is -0.445 e. The molecule has 0 aliphatic heterocycles. The molecular formula is C14H26N2O3. The maximum atomic E-state index is 9.70. The molecule has 1 atom stereocenters. The maximum Gasteiger partial charge on any atom is 0.208 e. The van der Waals surface area contributed by atoms with Crippen LogP contribution in [0.25, 0.3) is 0 Å². The summed E-state index contributed by atoms with van der Waals surface area (Å²) in [6.07, 6.45) is 5.96. The molecule has 0 saturated carbocycles. The topological polar surface area (TPSA) is 67.5 Å². The molecule has 2 N–H and O–H groups in total. The second-order valence-corrected chi connectivity index (χ2v) is 4.78.